The summed E-state index contributed by atoms with van der Waals surface area (Å²) < 4.78 is 14.3. The summed E-state index contributed by atoms with van der Waals surface area (Å²) in [5, 5.41) is 13.7. The van der Waals surface area contributed by atoms with Gasteiger partial charge in [0.1, 0.15) is 24.6 Å². The Kier molecular flexibility index (Phi) is 8.16. The molecule has 1 N–H and O–H groups in total. The number of rotatable bonds is 10. The van der Waals surface area contributed by atoms with E-state index in [2.05, 4.69) is 62.6 Å². The summed E-state index contributed by atoms with van der Waals surface area (Å²) in [6, 6.07) is 50.6. The normalized spacial score (nSPS) is 13.8. The number of hydrogen-bond donors (Lipinski definition) is 1. The molecule has 5 aromatic rings. The summed E-state index contributed by atoms with van der Waals surface area (Å²) in [6.07, 6.45) is 0. The van der Waals surface area contributed by atoms with Gasteiger partial charge in [-0.15, -0.1) is 0 Å². The first-order chi connectivity index (χ1) is 19.7. The van der Waals surface area contributed by atoms with Crippen LogP contribution >= 0.6 is 0 Å². The zero-order valence-electron chi connectivity index (χ0n) is 24.2. The molecule has 0 aromatic heterocycles. The molecule has 0 bridgehead atoms. The topological polar surface area (TPSA) is 38.7 Å². The van der Waals surface area contributed by atoms with Gasteiger partial charge in [0.2, 0.25) is 0 Å². The fourth-order valence-electron chi connectivity index (χ4n) is 6.11. The fraction of sp³-hybridized carbons (Fsp3) is 0.167. The van der Waals surface area contributed by atoms with Gasteiger partial charge in [-0.2, -0.15) is 0 Å². The van der Waals surface area contributed by atoms with E-state index in [9.17, 15) is 5.11 Å². The number of para-hydroxylation sites is 1. The van der Waals surface area contributed by atoms with Crippen LogP contribution in [0.1, 0.15) is 16.7 Å². The van der Waals surface area contributed by atoms with Crippen molar-refractivity contribution in [2.75, 3.05) is 0 Å². The van der Waals surface area contributed by atoms with Crippen molar-refractivity contribution in [3.63, 3.8) is 0 Å². The smallest absolute Gasteiger partial charge is 0.393 e. The SMILES string of the molecule is C[Si](C)(Oc1ccccc1)OC(c1ccccc1)(C(O)(c1ccccc1)c1ccccc1)[Si](C)(C)c1ccccc1. The van der Waals surface area contributed by atoms with Gasteiger partial charge in [0, 0.05) is 0 Å². The molecule has 41 heavy (non-hydrogen) atoms. The molecule has 1 atom stereocenters. The highest BCUT2D eigenvalue weighted by Crippen LogP contribution is 2.54. The fourth-order valence-corrected chi connectivity index (χ4v) is 13.1. The third-order valence-corrected chi connectivity index (χ3v) is 14.0. The van der Waals surface area contributed by atoms with Crippen LogP contribution in [0.4, 0.5) is 0 Å². The van der Waals surface area contributed by atoms with Crippen LogP contribution in [-0.4, -0.2) is 21.7 Å². The Hall–Kier alpha value is -3.75. The monoisotopic (exact) mass is 574 g/mol. The van der Waals surface area contributed by atoms with Crippen molar-refractivity contribution in [2.45, 2.75) is 37.0 Å². The van der Waals surface area contributed by atoms with Gasteiger partial charge in [-0.25, -0.2) is 0 Å². The Morgan fingerprint density at radius 1 is 0.488 bits per heavy atom. The second kappa shape index (κ2) is 11.6. The molecule has 5 rings (SSSR count). The van der Waals surface area contributed by atoms with Crippen LogP contribution in [0, 0.1) is 0 Å². The van der Waals surface area contributed by atoms with Gasteiger partial charge in [-0.05, 0) is 41.9 Å². The van der Waals surface area contributed by atoms with Gasteiger partial charge in [0.15, 0.2) is 0 Å². The van der Waals surface area contributed by atoms with E-state index < -0.39 is 27.5 Å². The predicted molar refractivity (Wildman–Crippen MR) is 173 cm³/mol. The third kappa shape index (κ3) is 5.34. The van der Waals surface area contributed by atoms with Crippen LogP contribution in [0.2, 0.25) is 26.2 Å². The van der Waals surface area contributed by atoms with E-state index in [1.165, 1.54) is 5.19 Å². The van der Waals surface area contributed by atoms with E-state index in [0.29, 0.717) is 0 Å². The van der Waals surface area contributed by atoms with Crippen LogP contribution in [0.25, 0.3) is 0 Å². The second-order valence-corrected chi connectivity index (χ2v) is 19.1. The largest absolute Gasteiger partial charge is 0.520 e. The number of hydrogen-bond acceptors (Lipinski definition) is 3. The first-order valence-corrected chi connectivity index (χ1v) is 19.9. The van der Waals surface area contributed by atoms with E-state index >= 15 is 0 Å². The van der Waals surface area contributed by atoms with E-state index in [0.717, 1.165) is 22.4 Å². The molecule has 3 nitrogen and oxygen atoms in total. The molecule has 0 amide bonds. The highest BCUT2D eigenvalue weighted by atomic mass is 28.4. The van der Waals surface area contributed by atoms with Crippen LogP contribution in [0.5, 0.6) is 5.75 Å². The molecular formula is C36H38O3Si2. The van der Waals surface area contributed by atoms with Crippen LogP contribution < -0.4 is 9.61 Å². The molecule has 0 saturated heterocycles. The molecule has 1 unspecified atom stereocenters. The third-order valence-electron chi connectivity index (χ3n) is 7.95. The highest BCUT2D eigenvalue weighted by Gasteiger charge is 2.66. The van der Waals surface area contributed by atoms with Crippen molar-refractivity contribution in [3.8, 4) is 5.75 Å². The van der Waals surface area contributed by atoms with Crippen molar-refractivity contribution < 1.29 is 14.0 Å². The summed E-state index contributed by atoms with van der Waals surface area (Å²) >= 11 is 0. The first-order valence-electron chi connectivity index (χ1n) is 14.1. The molecule has 5 heteroatoms. The summed E-state index contributed by atoms with van der Waals surface area (Å²) in [7, 11) is -5.85. The van der Waals surface area contributed by atoms with Crippen molar-refractivity contribution >= 4 is 21.8 Å². The van der Waals surface area contributed by atoms with Gasteiger partial charge >= 0.3 is 8.56 Å². The van der Waals surface area contributed by atoms with E-state index in [1.807, 2.05) is 115 Å². The molecule has 0 heterocycles. The Labute approximate surface area is 246 Å². The lowest BCUT2D eigenvalue weighted by molar-refractivity contribution is -0.0864. The highest BCUT2D eigenvalue weighted by molar-refractivity contribution is 6.92. The minimum absolute atomic E-state index is 0.758. The van der Waals surface area contributed by atoms with Gasteiger partial charge in [0.25, 0.3) is 0 Å². The zero-order chi connectivity index (χ0) is 29.0. The lowest BCUT2D eigenvalue weighted by Gasteiger charge is -2.57. The minimum Gasteiger partial charge on any atom is -0.520 e. The number of aliphatic hydroxyl groups is 1. The lowest BCUT2D eigenvalue weighted by atomic mass is 9.78. The lowest BCUT2D eigenvalue weighted by Crippen LogP contribution is -2.73. The Morgan fingerprint density at radius 3 is 1.29 bits per heavy atom. The van der Waals surface area contributed by atoms with Gasteiger partial charge in [-0.1, -0.05) is 158 Å². The quantitative estimate of drug-likeness (QED) is 0.173. The molecule has 5 aromatic carbocycles. The second-order valence-electron chi connectivity index (χ2n) is 11.4. The Bertz CT molecular complexity index is 1490. The van der Waals surface area contributed by atoms with Crippen LogP contribution in [-0.2, 0) is 15.3 Å². The molecule has 0 aliphatic rings. The van der Waals surface area contributed by atoms with Gasteiger partial charge < -0.3 is 14.0 Å². The minimum atomic E-state index is -3.01. The molecule has 0 radical (unpaired) electrons. The molecular weight excluding hydrogens is 537 g/mol. The molecule has 0 aliphatic carbocycles. The van der Waals surface area contributed by atoms with E-state index in [-0.39, 0.29) is 0 Å². The summed E-state index contributed by atoms with van der Waals surface area (Å²) in [5.41, 5.74) is 0.910. The van der Waals surface area contributed by atoms with E-state index in [4.69, 9.17) is 8.85 Å². The van der Waals surface area contributed by atoms with Crippen molar-refractivity contribution in [1.29, 1.82) is 0 Å². The standard InChI is InChI=1S/C36H38O3Si2/c1-40(2,34-28-18-9-19-29-34)36(32-24-14-7-15-25-32,39-41(3,4)38-33-26-16-8-17-27-33)35(37,30-20-10-5-11-21-30)31-22-12-6-13-23-31/h5-29,37H,1-4H3. The van der Waals surface area contributed by atoms with Crippen molar-refractivity contribution in [2.24, 2.45) is 0 Å². The Morgan fingerprint density at radius 2 is 0.854 bits per heavy atom. The van der Waals surface area contributed by atoms with Crippen molar-refractivity contribution in [3.05, 3.63) is 168 Å². The van der Waals surface area contributed by atoms with Gasteiger partial charge in [-0.3, -0.25) is 0 Å². The van der Waals surface area contributed by atoms with Crippen LogP contribution in [0.15, 0.2) is 152 Å². The summed E-state index contributed by atoms with van der Waals surface area (Å²) in [6.45, 7) is 8.76. The molecule has 0 spiro atoms. The predicted octanol–water partition coefficient (Wildman–Crippen LogP) is 7.77. The average Bonchev–Trinajstić information content (AvgIpc) is 3.01. The van der Waals surface area contributed by atoms with Gasteiger partial charge in [0.05, 0.1) is 0 Å². The zero-order valence-corrected chi connectivity index (χ0v) is 26.2. The molecule has 0 saturated carbocycles. The molecule has 208 valence electrons. The van der Waals surface area contributed by atoms with E-state index in [1.54, 1.807) is 0 Å². The Balaban J connectivity index is 1.89. The number of benzene rings is 5. The maximum atomic E-state index is 13.7. The molecule has 0 aliphatic heterocycles. The van der Waals surface area contributed by atoms with Crippen LogP contribution in [0.3, 0.4) is 0 Å². The maximum Gasteiger partial charge on any atom is 0.393 e. The average molecular weight is 575 g/mol. The first kappa shape index (κ1) is 28.8. The summed E-state index contributed by atoms with van der Waals surface area (Å²) in [5.74, 6) is 0.758. The summed E-state index contributed by atoms with van der Waals surface area (Å²) in [4.78, 5) is 0. The maximum absolute atomic E-state index is 13.7. The molecule has 0 fully saturated rings. The van der Waals surface area contributed by atoms with Crippen molar-refractivity contribution in [1.82, 2.24) is 0 Å².